The van der Waals surface area contributed by atoms with E-state index in [1.807, 2.05) is 24.8 Å². The van der Waals surface area contributed by atoms with Crippen LogP contribution in [0, 0.1) is 39.9 Å². The van der Waals surface area contributed by atoms with Gasteiger partial charge in [-0.1, -0.05) is 25.4 Å². The summed E-state index contributed by atoms with van der Waals surface area (Å²) in [6.45, 7) is 6.43. The number of benzene rings is 1. The maximum atomic E-state index is 12.1. The molecule has 0 saturated carbocycles. The number of rotatable bonds is 4. The van der Waals surface area contributed by atoms with Gasteiger partial charge >= 0.3 is 0 Å². The molecular formula is C19H19ClN6O. The molecule has 1 fully saturated rings. The van der Waals surface area contributed by atoms with Crippen LogP contribution in [0.25, 0.3) is 0 Å². The number of carbonyl (C=O) groups excluding carboxylic acids is 1. The van der Waals surface area contributed by atoms with Gasteiger partial charge in [0.1, 0.15) is 23.9 Å². The molecule has 1 N–H and O–H groups in total. The zero-order chi connectivity index (χ0) is 20.0. The molecule has 2 rings (SSSR count). The van der Waals surface area contributed by atoms with E-state index in [1.54, 1.807) is 30.3 Å². The number of carbonyl (C=O) groups is 1. The van der Waals surface area contributed by atoms with E-state index in [1.165, 1.54) is 0 Å². The molecule has 0 spiro atoms. The Bertz CT molecular complexity index is 863. The number of allylic oxidation sites excluding steroid dienone is 2. The van der Waals surface area contributed by atoms with Gasteiger partial charge in [0.2, 0.25) is 5.91 Å². The Balaban J connectivity index is 2.12. The van der Waals surface area contributed by atoms with Crippen LogP contribution in [0.3, 0.4) is 0 Å². The van der Waals surface area contributed by atoms with E-state index in [-0.39, 0.29) is 23.1 Å². The average Bonchev–Trinajstić information content (AvgIpc) is 2.67. The molecule has 0 bridgehead atoms. The summed E-state index contributed by atoms with van der Waals surface area (Å²) in [5.41, 5.74) is 0.937. The topological polar surface area (TPSA) is 107 Å². The first-order chi connectivity index (χ1) is 12.9. The van der Waals surface area contributed by atoms with Gasteiger partial charge in [0.15, 0.2) is 5.57 Å². The minimum absolute atomic E-state index is 0.0143. The van der Waals surface area contributed by atoms with Crippen molar-refractivity contribution in [2.75, 3.05) is 36.4 Å². The van der Waals surface area contributed by atoms with Gasteiger partial charge in [-0.15, -0.1) is 0 Å². The minimum atomic E-state index is -0.288. The van der Waals surface area contributed by atoms with Gasteiger partial charge in [0, 0.05) is 37.8 Å². The summed E-state index contributed by atoms with van der Waals surface area (Å²) in [6, 6.07) is 10.4. The molecular weight excluding hydrogens is 364 g/mol. The van der Waals surface area contributed by atoms with Crippen LogP contribution < -0.4 is 10.2 Å². The van der Waals surface area contributed by atoms with Crippen LogP contribution in [0.1, 0.15) is 13.8 Å². The molecule has 1 aromatic rings. The lowest BCUT2D eigenvalue weighted by Crippen LogP contribution is -2.50. The van der Waals surface area contributed by atoms with E-state index < -0.39 is 0 Å². The lowest BCUT2D eigenvalue weighted by Gasteiger charge is -2.37. The average molecular weight is 383 g/mol. The number of piperazine rings is 1. The number of hydrogen-bond acceptors (Lipinski definition) is 6. The third-order valence-corrected chi connectivity index (χ3v) is 4.53. The van der Waals surface area contributed by atoms with E-state index in [0.29, 0.717) is 36.9 Å². The highest BCUT2D eigenvalue weighted by atomic mass is 35.5. The molecule has 1 saturated heterocycles. The predicted octanol–water partition coefficient (Wildman–Crippen LogP) is 2.88. The van der Waals surface area contributed by atoms with Crippen LogP contribution in [0.5, 0.6) is 0 Å². The molecule has 7 nitrogen and oxygen atoms in total. The number of halogens is 1. The maximum Gasteiger partial charge on any atom is 0.225 e. The van der Waals surface area contributed by atoms with Crippen LogP contribution >= 0.6 is 11.6 Å². The van der Waals surface area contributed by atoms with Crippen LogP contribution in [0.2, 0.25) is 5.02 Å². The number of amides is 1. The summed E-state index contributed by atoms with van der Waals surface area (Å²) < 4.78 is 0. The lowest BCUT2D eigenvalue weighted by molar-refractivity contribution is -0.134. The van der Waals surface area contributed by atoms with Crippen molar-refractivity contribution < 1.29 is 4.79 Å². The van der Waals surface area contributed by atoms with Crippen molar-refractivity contribution in [3.63, 3.8) is 0 Å². The molecule has 27 heavy (non-hydrogen) atoms. The van der Waals surface area contributed by atoms with E-state index >= 15 is 0 Å². The monoisotopic (exact) mass is 382 g/mol. The number of nitriles is 3. The van der Waals surface area contributed by atoms with Crippen molar-refractivity contribution in [1.82, 2.24) is 4.90 Å². The summed E-state index contributed by atoms with van der Waals surface area (Å²) >= 11 is 6.39. The molecule has 0 aliphatic carbocycles. The number of hydrogen-bond donors (Lipinski definition) is 1. The molecule has 1 heterocycles. The zero-order valence-corrected chi connectivity index (χ0v) is 15.9. The highest BCUT2D eigenvalue weighted by Crippen LogP contribution is 2.30. The Labute approximate surface area is 163 Å². The van der Waals surface area contributed by atoms with Crippen molar-refractivity contribution in [3.8, 4) is 18.2 Å². The van der Waals surface area contributed by atoms with Gasteiger partial charge < -0.3 is 15.1 Å². The Morgan fingerprint density at radius 1 is 1.11 bits per heavy atom. The summed E-state index contributed by atoms with van der Waals surface area (Å²) in [6.07, 6.45) is 0. The van der Waals surface area contributed by atoms with E-state index in [9.17, 15) is 4.79 Å². The highest BCUT2D eigenvalue weighted by Gasteiger charge is 2.24. The molecule has 8 heteroatoms. The molecule has 0 unspecified atom stereocenters. The van der Waals surface area contributed by atoms with Gasteiger partial charge in [0.25, 0.3) is 0 Å². The van der Waals surface area contributed by atoms with Crippen molar-refractivity contribution in [2.45, 2.75) is 13.8 Å². The largest absolute Gasteiger partial charge is 0.367 e. The number of nitrogens with one attached hydrogen (secondary N) is 1. The third-order valence-electron chi connectivity index (χ3n) is 4.23. The quantitative estimate of drug-likeness (QED) is 0.802. The van der Waals surface area contributed by atoms with Crippen molar-refractivity contribution in [2.24, 2.45) is 5.92 Å². The van der Waals surface area contributed by atoms with Crippen molar-refractivity contribution in [1.29, 1.82) is 15.8 Å². The Kier molecular flexibility index (Phi) is 6.66. The van der Waals surface area contributed by atoms with Crippen LogP contribution in [-0.4, -0.2) is 37.0 Å². The number of nitrogens with zero attached hydrogens (tertiary/aromatic N) is 5. The second kappa shape index (κ2) is 8.94. The van der Waals surface area contributed by atoms with Gasteiger partial charge in [-0.3, -0.25) is 4.79 Å². The zero-order valence-electron chi connectivity index (χ0n) is 15.2. The van der Waals surface area contributed by atoms with Crippen LogP contribution in [-0.2, 0) is 4.79 Å². The molecule has 138 valence electrons. The first-order valence-electron chi connectivity index (χ1n) is 8.46. The molecule has 0 aromatic heterocycles. The molecule has 1 amide bonds. The Hall–Kier alpha value is -3.21. The summed E-state index contributed by atoms with van der Waals surface area (Å²) in [5, 5.41) is 30.1. The van der Waals surface area contributed by atoms with Gasteiger partial charge in [-0.05, 0) is 18.2 Å². The van der Waals surface area contributed by atoms with E-state index in [2.05, 4.69) is 10.2 Å². The van der Waals surface area contributed by atoms with Gasteiger partial charge in [0.05, 0.1) is 10.7 Å². The summed E-state index contributed by atoms with van der Waals surface area (Å²) in [4.78, 5) is 16.1. The molecule has 1 aromatic carbocycles. The SMILES string of the molecule is CC(C)C(=O)N1CCN(c2ccc(NC(C#N)=C(C#N)C#N)cc2Cl)CC1. The Morgan fingerprint density at radius 3 is 2.22 bits per heavy atom. The Morgan fingerprint density at radius 2 is 1.74 bits per heavy atom. The standard InChI is InChI=1S/C19H19ClN6O/c1-13(2)19(27)26-7-5-25(6-8-26)18-4-3-15(9-16(18)20)24-17(12-23)14(10-21)11-22/h3-4,9,13,24H,5-8H2,1-2H3. The maximum absolute atomic E-state index is 12.1. The fourth-order valence-electron chi connectivity index (χ4n) is 2.80. The first-order valence-corrected chi connectivity index (χ1v) is 8.84. The summed E-state index contributed by atoms with van der Waals surface area (Å²) in [7, 11) is 0. The smallest absolute Gasteiger partial charge is 0.225 e. The van der Waals surface area contributed by atoms with Gasteiger partial charge in [-0.25, -0.2) is 0 Å². The third kappa shape index (κ3) is 4.70. The minimum Gasteiger partial charge on any atom is -0.367 e. The van der Waals surface area contributed by atoms with Crippen molar-refractivity contribution >= 4 is 28.9 Å². The fourth-order valence-corrected chi connectivity index (χ4v) is 3.10. The summed E-state index contributed by atoms with van der Waals surface area (Å²) in [5.74, 6) is 0.140. The molecule has 0 atom stereocenters. The molecule has 0 radical (unpaired) electrons. The normalized spacial score (nSPS) is 13.4. The fraction of sp³-hybridized carbons (Fsp3) is 0.368. The van der Waals surface area contributed by atoms with E-state index in [4.69, 9.17) is 27.4 Å². The highest BCUT2D eigenvalue weighted by molar-refractivity contribution is 6.33. The first kappa shape index (κ1) is 20.1. The second-order valence-electron chi connectivity index (χ2n) is 6.34. The number of anilines is 2. The van der Waals surface area contributed by atoms with Crippen LogP contribution in [0.15, 0.2) is 29.5 Å². The molecule has 1 aliphatic heterocycles. The van der Waals surface area contributed by atoms with Crippen LogP contribution in [0.4, 0.5) is 11.4 Å². The predicted molar refractivity (Wildman–Crippen MR) is 103 cm³/mol. The second-order valence-corrected chi connectivity index (χ2v) is 6.75. The van der Waals surface area contributed by atoms with Crippen molar-refractivity contribution in [3.05, 3.63) is 34.5 Å². The lowest BCUT2D eigenvalue weighted by atomic mass is 10.1. The van der Waals surface area contributed by atoms with E-state index in [0.717, 1.165) is 5.69 Å². The van der Waals surface area contributed by atoms with Gasteiger partial charge in [-0.2, -0.15) is 15.8 Å². The molecule has 1 aliphatic rings.